The first-order valence-corrected chi connectivity index (χ1v) is 5.77. The Kier molecular flexibility index (Phi) is 3.52. The number of aryl methyl sites for hydroxylation is 1. The van der Waals surface area contributed by atoms with Crippen LogP contribution in [0, 0.1) is 12.7 Å². The van der Waals surface area contributed by atoms with Crippen molar-refractivity contribution in [2.24, 2.45) is 0 Å². The summed E-state index contributed by atoms with van der Waals surface area (Å²) in [5.74, 6) is -0.380. The van der Waals surface area contributed by atoms with E-state index in [2.05, 4.69) is 9.97 Å². The Labute approximate surface area is 112 Å². The number of rotatable bonds is 1. The molecule has 1 aromatic heterocycles. The minimum absolute atomic E-state index is 0.163. The Hall–Kier alpha value is -0.900. The average molecular weight is 292 g/mol. The minimum atomic E-state index is -0.631. The van der Waals surface area contributed by atoms with E-state index in [-0.39, 0.29) is 16.7 Å². The summed E-state index contributed by atoms with van der Waals surface area (Å²) >= 11 is 17.5. The largest absolute Gasteiger partial charge is 0.230 e. The summed E-state index contributed by atoms with van der Waals surface area (Å²) in [6, 6.07) is 4.87. The first-order chi connectivity index (χ1) is 7.99. The zero-order chi connectivity index (χ0) is 12.6. The summed E-state index contributed by atoms with van der Waals surface area (Å²) in [5, 5.41) is 0.686. The lowest BCUT2D eigenvalue weighted by Gasteiger charge is -2.06. The lowest BCUT2D eigenvalue weighted by atomic mass is 10.2. The molecular formula is C11H6Cl3FN2. The molecule has 0 aliphatic carbocycles. The molecule has 0 unspecified atom stereocenters. The third-order valence-electron chi connectivity index (χ3n) is 2.15. The van der Waals surface area contributed by atoms with Crippen molar-refractivity contribution in [2.75, 3.05) is 0 Å². The van der Waals surface area contributed by atoms with Gasteiger partial charge in [0.25, 0.3) is 0 Å². The third kappa shape index (κ3) is 2.51. The van der Waals surface area contributed by atoms with Crippen LogP contribution in [0.3, 0.4) is 0 Å². The van der Waals surface area contributed by atoms with E-state index in [0.29, 0.717) is 15.6 Å². The van der Waals surface area contributed by atoms with Crippen LogP contribution in [0.2, 0.25) is 15.2 Å². The van der Waals surface area contributed by atoms with Crippen molar-refractivity contribution in [1.29, 1.82) is 0 Å². The van der Waals surface area contributed by atoms with Crippen LogP contribution in [0.15, 0.2) is 18.2 Å². The molecule has 0 radical (unpaired) electrons. The molecule has 0 bridgehead atoms. The molecule has 0 amide bonds. The molecule has 0 aliphatic rings. The molecule has 6 heteroatoms. The third-order valence-corrected chi connectivity index (χ3v) is 2.96. The monoisotopic (exact) mass is 290 g/mol. The van der Waals surface area contributed by atoms with Crippen LogP contribution in [0.25, 0.3) is 11.4 Å². The van der Waals surface area contributed by atoms with Gasteiger partial charge in [0, 0.05) is 10.6 Å². The van der Waals surface area contributed by atoms with Gasteiger partial charge in [-0.15, -0.1) is 0 Å². The molecule has 88 valence electrons. The maximum Gasteiger partial charge on any atom is 0.181 e. The zero-order valence-corrected chi connectivity index (χ0v) is 10.9. The van der Waals surface area contributed by atoms with Gasteiger partial charge >= 0.3 is 0 Å². The van der Waals surface area contributed by atoms with Crippen LogP contribution in [0.4, 0.5) is 4.39 Å². The first-order valence-electron chi connectivity index (χ1n) is 4.64. The number of hydrogen-bond donors (Lipinski definition) is 0. The fourth-order valence-electron chi connectivity index (χ4n) is 1.31. The van der Waals surface area contributed by atoms with Gasteiger partial charge in [-0.05, 0) is 25.1 Å². The minimum Gasteiger partial charge on any atom is -0.230 e. The van der Waals surface area contributed by atoms with E-state index < -0.39 is 5.82 Å². The van der Waals surface area contributed by atoms with Gasteiger partial charge in [0.2, 0.25) is 0 Å². The number of benzene rings is 1. The van der Waals surface area contributed by atoms with Crippen LogP contribution < -0.4 is 0 Å². The van der Waals surface area contributed by atoms with Gasteiger partial charge in [0.05, 0.1) is 10.7 Å². The van der Waals surface area contributed by atoms with Crippen molar-refractivity contribution < 1.29 is 4.39 Å². The van der Waals surface area contributed by atoms with E-state index in [9.17, 15) is 4.39 Å². The van der Waals surface area contributed by atoms with E-state index in [1.807, 2.05) is 0 Å². The lowest BCUT2D eigenvalue weighted by Crippen LogP contribution is -1.97. The van der Waals surface area contributed by atoms with Crippen LogP contribution >= 0.6 is 34.8 Å². The van der Waals surface area contributed by atoms with Crippen molar-refractivity contribution in [3.8, 4) is 11.4 Å². The quantitative estimate of drug-likeness (QED) is 0.720. The van der Waals surface area contributed by atoms with Crippen molar-refractivity contribution in [1.82, 2.24) is 9.97 Å². The van der Waals surface area contributed by atoms with Crippen LogP contribution in [0.1, 0.15) is 5.69 Å². The zero-order valence-electron chi connectivity index (χ0n) is 8.64. The Bertz CT molecular complexity index is 564. The highest BCUT2D eigenvalue weighted by molar-refractivity contribution is 6.35. The summed E-state index contributed by atoms with van der Waals surface area (Å²) in [6.45, 7) is 1.50. The van der Waals surface area contributed by atoms with Gasteiger partial charge in [-0.1, -0.05) is 34.8 Å². The van der Waals surface area contributed by atoms with Gasteiger partial charge in [0.15, 0.2) is 16.8 Å². The second-order valence-electron chi connectivity index (χ2n) is 3.36. The van der Waals surface area contributed by atoms with Crippen LogP contribution in [0.5, 0.6) is 0 Å². The molecular weight excluding hydrogens is 285 g/mol. The van der Waals surface area contributed by atoms with Crippen molar-refractivity contribution in [2.45, 2.75) is 6.92 Å². The SMILES string of the molecule is Cc1nc(-c2cc(Cl)ccc2Cl)nc(Cl)c1F. The Morgan fingerprint density at radius 1 is 1.12 bits per heavy atom. The molecule has 1 heterocycles. The second kappa shape index (κ2) is 4.77. The summed E-state index contributed by atoms with van der Waals surface area (Å²) in [5.41, 5.74) is 0.681. The molecule has 0 aliphatic heterocycles. The topological polar surface area (TPSA) is 25.8 Å². The average Bonchev–Trinajstić information content (AvgIpc) is 2.28. The molecule has 2 rings (SSSR count). The summed E-state index contributed by atoms with van der Waals surface area (Å²) in [6.07, 6.45) is 0. The second-order valence-corrected chi connectivity index (χ2v) is 4.56. The van der Waals surface area contributed by atoms with E-state index >= 15 is 0 Å². The molecule has 0 saturated carbocycles. The lowest BCUT2D eigenvalue weighted by molar-refractivity contribution is 0.603. The molecule has 2 nitrogen and oxygen atoms in total. The maximum absolute atomic E-state index is 13.3. The molecule has 1 aromatic carbocycles. The van der Waals surface area contributed by atoms with Crippen molar-refractivity contribution in [3.63, 3.8) is 0 Å². The number of halogens is 4. The summed E-state index contributed by atoms with van der Waals surface area (Å²) < 4.78 is 13.3. The van der Waals surface area contributed by atoms with Gasteiger partial charge < -0.3 is 0 Å². The molecule has 2 aromatic rings. The molecule has 0 N–H and O–H groups in total. The van der Waals surface area contributed by atoms with E-state index in [4.69, 9.17) is 34.8 Å². The Morgan fingerprint density at radius 2 is 1.82 bits per heavy atom. The van der Waals surface area contributed by atoms with Crippen molar-refractivity contribution in [3.05, 3.63) is 44.9 Å². The van der Waals surface area contributed by atoms with Gasteiger partial charge in [-0.2, -0.15) is 0 Å². The molecule has 0 atom stereocenters. The summed E-state index contributed by atoms with van der Waals surface area (Å²) in [7, 11) is 0. The van der Waals surface area contributed by atoms with Gasteiger partial charge in [0.1, 0.15) is 0 Å². The fraction of sp³-hybridized carbons (Fsp3) is 0.0909. The van der Waals surface area contributed by atoms with Crippen LogP contribution in [-0.4, -0.2) is 9.97 Å². The fourth-order valence-corrected chi connectivity index (χ4v) is 1.90. The van der Waals surface area contributed by atoms with Crippen LogP contribution in [-0.2, 0) is 0 Å². The maximum atomic E-state index is 13.3. The number of hydrogen-bond acceptors (Lipinski definition) is 2. The van der Waals surface area contributed by atoms with E-state index in [0.717, 1.165) is 0 Å². The Balaban J connectivity index is 2.64. The smallest absolute Gasteiger partial charge is 0.181 e. The summed E-state index contributed by atoms with van der Waals surface area (Å²) in [4.78, 5) is 7.83. The number of nitrogens with zero attached hydrogens (tertiary/aromatic N) is 2. The predicted molar refractivity (Wildman–Crippen MR) is 67.2 cm³/mol. The molecule has 0 saturated heterocycles. The normalized spacial score (nSPS) is 10.6. The van der Waals surface area contributed by atoms with Gasteiger partial charge in [-0.3, -0.25) is 0 Å². The highest BCUT2D eigenvalue weighted by atomic mass is 35.5. The number of aromatic nitrogens is 2. The first kappa shape index (κ1) is 12.6. The van der Waals surface area contributed by atoms with E-state index in [1.165, 1.54) is 6.92 Å². The standard InChI is InChI=1S/C11H6Cl3FN2/c1-5-9(15)10(14)17-11(16-5)7-4-6(12)2-3-8(7)13/h2-4H,1H3. The molecule has 17 heavy (non-hydrogen) atoms. The highest BCUT2D eigenvalue weighted by Crippen LogP contribution is 2.29. The van der Waals surface area contributed by atoms with Crippen molar-refractivity contribution >= 4 is 34.8 Å². The molecule has 0 fully saturated rings. The highest BCUT2D eigenvalue weighted by Gasteiger charge is 2.13. The van der Waals surface area contributed by atoms with E-state index in [1.54, 1.807) is 18.2 Å². The Morgan fingerprint density at radius 3 is 2.47 bits per heavy atom. The molecule has 0 spiro atoms. The predicted octanol–water partition coefficient (Wildman–Crippen LogP) is 4.55. The van der Waals surface area contributed by atoms with Gasteiger partial charge in [-0.25, -0.2) is 14.4 Å².